The normalized spacial score (nSPS) is 12.0. The highest BCUT2D eigenvalue weighted by atomic mass is 16.6. The zero-order valence-corrected chi connectivity index (χ0v) is 42.5. The number of ether oxygens (including phenoxy) is 3. The van der Waals surface area contributed by atoms with Crippen molar-refractivity contribution in [2.45, 2.75) is 317 Å². The number of hydrogen-bond donors (Lipinski definition) is 0. The second-order valence-corrected chi connectivity index (χ2v) is 20.2. The van der Waals surface area contributed by atoms with Gasteiger partial charge in [-0.1, -0.05) is 272 Å². The lowest BCUT2D eigenvalue weighted by atomic mass is 10.0. The van der Waals surface area contributed by atoms with Crippen molar-refractivity contribution in [3.05, 3.63) is 0 Å². The Balaban J connectivity index is 4.20. The number of hydrogen-bond acceptors (Lipinski definition) is 6. The van der Waals surface area contributed by atoms with Crippen LogP contribution >= 0.6 is 0 Å². The van der Waals surface area contributed by atoms with E-state index < -0.39 is 6.10 Å². The van der Waals surface area contributed by atoms with Gasteiger partial charge in [0.15, 0.2) is 6.10 Å². The molecule has 6 heteroatoms. The fourth-order valence-corrected chi connectivity index (χ4v) is 8.52. The fourth-order valence-electron chi connectivity index (χ4n) is 8.52. The van der Waals surface area contributed by atoms with E-state index in [4.69, 9.17) is 14.2 Å². The van der Waals surface area contributed by atoms with Gasteiger partial charge in [0.05, 0.1) is 0 Å². The summed E-state index contributed by atoms with van der Waals surface area (Å²) >= 11 is 0. The van der Waals surface area contributed by atoms with Crippen LogP contribution in [0.15, 0.2) is 0 Å². The molecule has 0 fully saturated rings. The first-order chi connectivity index (χ1) is 30.2. The van der Waals surface area contributed by atoms with Crippen LogP contribution < -0.4 is 0 Å². The van der Waals surface area contributed by atoms with E-state index in [1.54, 1.807) is 0 Å². The Hall–Kier alpha value is -1.59. The zero-order chi connectivity index (χ0) is 45.4. The molecule has 0 amide bonds. The lowest BCUT2D eigenvalue weighted by Crippen LogP contribution is -2.30. The van der Waals surface area contributed by atoms with Crippen LogP contribution in [0.5, 0.6) is 0 Å². The number of carbonyl (C=O) groups is 3. The van der Waals surface area contributed by atoms with Gasteiger partial charge in [0.25, 0.3) is 0 Å². The van der Waals surface area contributed by atoms with Gasteiger partial charge in [0.2, 0.25) is 0 Å². The monoisotopic (exact) mass is 877 g/mol. The predicted octanol–water partition coefficient (Wildman–Crippen LogP) is 18.1. The van der Waals surface area contributed by atoms with Crippen molar-refractivity contribution in [1.82, 2.24) is 0 Å². The van der Waals surface area contributed by atoms with Gasteiger partial charge in [0, 0.05) is 19.3 Å². The molecule has 0 spiro atoms. The second-order valence-electron chi connectivity index (χ2n) is 20.2. The summed E-state index contributed by atoms with van der Waals surface area (Å²) in [5.74, 6) is 0.754. The molecule has 1 atom stereocenters. The van der Waals surface area contributed by atoms with E-state index in [-0.39, 0.29) is 31.1 Å². The first kappa shape index (κ1) is 60.4. The first-order valence-corrected chi connectivity index (χ1v) is 27.7. The van der Waals surface area contributed by atoms with Crippen molar-refractivity contribution in [3.8, 4) is 0 Å². The van der Waals surface area contributed by atoms with Crippen molar-refractivity contribution in [2.75, 3.05) is 13.2 Å². The van der Waals surface area contributed by atoms with Crippen molar-refractivity contribution < 1.29 is 28.6 Å². The Morgan fingerprint density at radius 1 is 0.306 bits per heavy atom. The summed E-state index contributed by atoms with van der Waals surface area (Å²) in [7, 11) is 0. The van der Waals surface area contributed by atoms with Gasteiger partial charge < -0.3 is 14.2 Å². The average molecular weight is 877 g/mol. The van der Waals surface area contributed by atoms with Gasteiger partial charge in [-0.05, 0) is 31.1 Å². The zero-order valence-electron chi connectivity index (χ0n) is 42.5. The van der Waals surface area contributed by atoms with E-state index in [9.17, 15) is 14.4 Å². The van der Waals surface area contributed by atoms with Gasteiger partial charge in [-0.3, -0.25) is 14.4 Å². The Kier molecular flexibility index (Phi) is 47.6. The molecule has 0 heterocycles. The largest absolute Gasteiger partial charge is 0.462 e. The van der Waals surface area contributed by atoms with Crippen LogP contribution in [0.1, 0.15) is 311 Å². The van der Waals surface area contributed by atoms with Gasteiger partial charge in [-0.15, -0.1) is 0 Å². The lowest BCUT2D eigenvalue weighted by Gasteiger charge is -2.18. The van der Waals surface area contributed by atoms with Crippen LogP contribution in [-0.2, 0) is 28.6 Å². The van der Waals surface area contributed by atoms with Crippen LogP contribution in [0, 0.1) is 11.8 Å². The molecule has 368 valence electrons. The number of carbonyl (C=O) groups excluding carboxylic acids is 3. The molecular weight excluding hydrogens is 769 g/mol. The Labute approximate surface area is 387 Å². The van der Waals surface area contributed by atoms with Crippen LogP contribution in [0.2, 0.25) is 0 Å². The Morgan fingerprint density at radius 2 is 0.532 bits per heavy atom. The first-order valence-electron chi connectivity index (χ1n) is 27.7. The van der Waals surface area contributed by atoms with E-state index in [0.717, 1.165) is 69.6 Å². The van der Waals surface area contributed by atoms with Gasteiger partial charge in [-0.2, -0.15) is 0 Å². The standard InChI is InChI=1S/C56H108O6/c1-6-7-8-9-10-11-12-13-14-15-16-17-21-24-27-30-36-41-46-54(57)60-49-53(62-56(59)48-43-38-33-32-35-40-45-52(4)5)50-61-55(58)47-42-37-31-28-25-22-19-18-20-23-26-29-34-39-44-51(2)3/h51-53H,6-50H2,1-5H3/t53-/m1/s1. The third-order valence-corrected chi connectivity index (χ3v) is 12.7. The van der Waals surface area contributed by atoms with Gasteiger partial charge in [0.1, 0.15) is 13.2 Å². The second kappa shape index (κ2) is 48.9. The molecule has 0 unspecified atom stereocenters. The Bertz CT molecular complexity index is 947. The van der Waals surface area contributed by atoms with E-state index in [2.05, 4.69) is 34.6 Å². The molecule has 0 rings (SSSR count). The predicted molar refractivity (Wildman–Crippen MR) is 266 cm³/mol. The molecule has 0 aliphatic rings. The van der Waals surface area contributed by atoms with Crippen molar-refractivity contribution in [1.29, 1.82) is 0 Å². The average Bonchev–Trinajstić information content (AvgIpc) is 3.24. The quantitative estimate of drug-likeness (QED) is 0.0344. The topological polar surface area (TPSA) is 78.9 Å². The summed E-state index contributed by atoms with van der Waals surface area (Å²) in [5.41, 5.74) is 0. The molecular formula is C56H108O6. The smallest absolute Gasteiger partial charge is 0.306 e. The molecule has 0 aliphatic heterocycles. The summed E-state index contributed by atoms with van der Waals surface area (Å²) in [5, 5.41) is 0. The molecule has 0 saturated heterocycles. The van der Waals surface area contributed by atoms with Crippen molar-refractivity contribution in [3.63, 3.8) is 0 Å². The summed E-state index contributed by atoms with van der Waals surface area (Å²) < 4.78 is 16.8. The molecule has 0 saturated carbocycles. The van der Waals surface area contributed by atoms with Crippen molar-refractivity contribution in [2.24, 2.45) is 11.8 Å². The van der Waals surface area contributed by atoms with Gasteiger partial charge in [-0.25, -0.2) is 0 Å². The summed E-state index contributed by atoms with van der Waals surface area (Å²) in [6.07, 6.45) is 51.1. The molecule has 0 aliphatic carbocycles. The maximum Gasteiger partial charge on any atom is 0.306 e. The van der Waals surface area contributed by atoms with E-state index in [0.29, 0.717) is 19.3 Å². The van der Waals surface area contributed by atoms with E-state index in [1.165, 1.54) is 199 Å². The molecule has 0 bridgehead atoms. The van der Waals surface area contributed by atoms with Gasteiger partial charge >= 0.3 is 17.9 Å². The van der Waals surface area contributed by atoms with Crippen LogP contribution in [0.4, 0.5) is 0 Å². The highest BCUT2D eigenvalue weighted by Crippen LogP contribution is 2.18. The van der Waals surface area contributed by atoms with Crippen LogP contribution in [-0.4, -0.2) is 37.2 Å². The molecule has 0 radical (unpaired) electrons. The van der Waals surface area contributed by atoms with Crippen molar-refractivity contribution >= 4 is 17.9 Å². The Morgan fingerprint density at radius 3 is 0.790 bits per heavy atom. The SMILES string of the molecule is CCCCCCCCCCCCCCCCCCCCC(=O)OC[C@H](COC(=O)CCCCCCCCCCCCCCCCC(C)C)OC(=O)CCCCCCCCC(C)C. The molecule has 0 aromatic heterocycles. The molecule has 62 heavy (non-hydrogen) atoms. The fraction of sp³-hybridized carbons (Fsp3) is 0.946. The molecule has 0 N–H and O–H groups in total. The highest BCUT2D eigenvalue weighted by molar-refractivity contribution is 5.71. The lowest BCUT2D eigenvalue weighted by molar-refractivity contribution is -0.167. The molecule has 0 aromatic carbocycles. The minimum absolute atomic E-state index is 0.0643. The minimum Gasteiger partial charge on any atom is -0.462 e. The third kappa shape index (κ3) is 49.4. The van der Waals surface area contributed by atoms with E-state index >= 15 is 0 Å². The number of esters is 3. The minimum atomic E-state index is -0.763. The van der Waals surface area contributed by atoms with E-state index in [1.807, 2.05) is 0 Å². The van der Waals surface area contributed by atoms with Crippen LogP contribution in [0.25, 0.3) is 0 Å². The molecule has 6 nitrogen and oxygen atoms in total. The maximum absolute atomic E-state index is 12.7. The van der Waals surface area contributed by atoms with Crippen LogP contribution in [0.3, 0.4) is 0 Å². The molecule has 0 aromatic rings. The summed E-state index contributed by atoms with van der Waals surface area (Å²) in [4.78, 5) is 38.0. The number of rotatable bonds is 50. The summed E-state index contributed by atoms with van der Waals surface area (Å²) in [6, 6.07) is 0. The maximum atomic E-state index is 12.7. The third-order valence-electron chi connectivity index (χ3n) is 12.7. The number of unbranched alkanes of at least 4 members (excludes halogenated alkanes) is 35. The summed E-state index contributed by atoms with van der Waals surface area (Å²) in [6.45, 7) is 11.3. The highest BCUT2D eigenvalue weighted by Gasteiger charge is 2.19.